The second-order valence-electron chi connectivity index (χ2n) is 3.75. The highest BCUT2D eigenvalue weighted by Gasteiger charge is 1.99. The van der Waals surface area contributed by atoms with Crippen molar-refractivity contribution in [3.05, 3.63) is 23.8 Å². The smallest absolute Gasteiger partial charge is 0.124 e. The first-order valence-electron chi connectivity index (χ1n) is 5.15. The molecule has 0 aliphatic carbocycles. The Bertz CT molecular complexity index is 347. The van der Waals surface area contributed by atoms with Gasteiger partial charge in [0.05, 0.1) is 0 Å². The van der Waals surface area contributed by atoms with Crippen LogP contribution in [0.4, 0.5) is 0 Å². The molecule has 0 radical (unpaired) electrons. The molecule has 0 saturated carbocycles. The number of phenols is 2. The van der Waals surface area contributed by atoms with Gasteiger partial charge in [-0.2, -0.15) is 0 Å². The monoisotopic (exact) mass is 207 g/mol. The average molecular weight is 207 g/mol. The van der Waals surface area contributed by atoms with Crippen molar-refractivity contribution in [3.8, 4) is 11.5 Å². The summed E-state index contributed by atoms with van der Waals surface area (Å²) < 4.78 is 0. The average Bonchev–Trinajstić information content (AvgIpc) is 2.23. The highest BCUT2D eigenvalue weighted by atomic mass is 16.3. The third-order valence-electron chi connectivity index (χ3n) is 2.36. The van der Waals surface area contributed by atoms with E-state index in [1.54, 1.807) is 6.21 Å². The fraction of sp³-hybridized carbons (Fsp3) is 0.417. The van der Waals surface area contributed by atoms with Crippen LogP contribution in [0.15, 0.2) is 23.2 Å². The van der Waals surface area contributed by atoms with Crippen LogP contribution in [-0.2, 0) is 0 Å². The quantitative estimate of drug-likeness (QED) is 0.589. The van der Waals surface area contributed by atoms with Gasteiger partial charge in [0.25, 0.3) is 0 Å². The lowest BCUT2D eigenvalue weighted by atomic mass is 10.1. The Labute approximate surface area is 90.1 Å². The fourth-order valence-electron chi connectivity index (χ4n) is 1.11. The molecule has 3 heteroatoms. The van der Waals surface area contributed by atoms with Crippen molar-refractivity contribution in [2.24, 2.45) is 10.9 Å². The van der Waals surface area contributed by atoms with Gasteiger partial charge in [-0.1, -0.05) is 20.3 Å². The largest absolute Gasteiger partial charge is 0.508 e. The van der Waals surface area contributed by atoms with E-state index in [1.165, 1.54) is 18.2 Å². The molecule has 0 spiro atoms. The van der Waals surface area contributed by atoms with Crippen molar-refractivity contribution in [3.63, 3.8) is 0 Å². The van der Waals surface area contributed by atoms with Crippen LogP contribution < -0.4 is 0 Å². The summed E-state index contributed by atoms with van der Waals surface area (Å²) in [6, 6.07) is 4.40. The Morgan fingerprint density at radius 1 is 1.40 bits per heavy atom. The molecular weight excluding hydrogens is 190 g/mol. The van der Waals surface area contributed by atoms with Gasteiger partial charge in [-0.25, -0.2) is 0 Å². The third kappa shape index (κ3) is 3.62. The maximum Gasteiger partial charge on any atom is 0.124 e. The zero-order chi connectivity index (χ0) is 11.3. The highest BCUT2D eigenvalue weighted by molar-refractivity contribution is 5.83. The van der Waals surface area contributed by atoms with E-state index in [0.29, 0.717) is 11.5 Å². The second kappa shape index (κ2) is 5.39. The lowest BCUT2D eigenvalue weighted by Gasteiger charge is -2.03. The van der Waals surface area contributed by atoms with Crippen molar-refractivity contribution < 1.29 is 10.2 Å². The van der Waals surface area contributed by atoms with Gasteiger partial charge in [0.2, 0.25) is 0 Å². The van der Waals surface area contributed by atoms with E-state index in [0.717, 1.165) is 13.0 Å². The highest BCUT2D eigenvalue weighted by Crippen LogP contribution is 2.20. The Kier molecular flexibility index (Phi) is 4.16. The summed E-state index contributed by atoms with van der Waals surface area (Å²) in [5.41, 5.74) is 0.554. The van der Waals surface area contributed by atoms with E-state index in [9.17, 15) is 10.2 Å². The van der Waals surface area contributed by atoms with Gasteiger partial charge in [0.1, 0.15) is 11.5 Å². The molecule has 0 amide bonds. The number of hydrogen-bond donors (Lipinski definition) is 2. The molecule has 3 nitrogen and oxygen atoms in total. The molecule has 2 N–H and O–H groups in total. The molecule has 0 bridgehead atoms. The first-order valence-corrected chi connectivity index (χ1v) is 5.15. The van der Waals surface area contributed by atoms with E-state index in [1.807, 2.05) is 0 Å². The molecule has 1 aromatic rings. The van der Waals surface area contributed by atoms with Gasteiger partial charge in [-0.15, -0.1) is 0 Å². The van der Waals surface area contributed by atoms with Gasteiger partial charge >= 0.3 is 0 Å². The molecule has 0 fully saturated rings. The van der Waals surface area contributed by atoms with Gasteiger partial charge in [0.15, 0.2) is 0 Å². The molecule has 0 saturated heterocycles. The van der Waals surface area contributed by atoms with Gasteiger partial charge < -0.3 is 10.2 Å². The number of benzene rings is 1. The minimum Gasteiger partial charge on any atom is -0.508 e. The van der Waals surface area contributed by atoms with Crippen LogP contribution in [0.1, 0.15) is 25.8 Å². The van der Waals surface area contributed by atoms with Crippen LogP contribution in [0, 0.1) is 5.92 Å². The van der Waals surface area contributed by atoms with E-state index >= 15 is 0 Å². The normalized spacial score (nSPS) is 13.2. The molecule has 0 aliphatic rings. The van der Waals surface area contributed by atoms with E-state index in [2.05, 4.69) is 18.8 Å². The SMILES string of the molecule is CCC(C)CN=Cc1cc(O)ccc1O. The number of rotatable bonds is 4. The minimum absolute atomic E-state index is 0.137. The lowest BCUT2D eigenvalue weighted by Crippen LogP contribution is -1.97. The van der Waals surface area contributed by atoms with Crippen molar-refractivity contribution in [2.45, 2.75) is 20.3 Å². The zero-order valence-corrected chi connectivity index (χ0v) is 9.14. The molecule has 82 valence electrons. The number of nitrogens with zero attached hydrogens (tertiary/aromatic N) is 1. The van der Waals surface area contributed by atoms with Crippen molar-refractivity contribution in [2.75, 3.05) is 6.54 Å². The van der Waals surface area contributed by atoms with Crippen LogP contribution in [0.3, 0.4) is 0 Å². The predicted octanol–water partition coefficient (Wildman–Crippen LogP) is 2.56. The van der Waals surface area contributed by atoms with Crippen molar-refractivity contribution >= 4 is 6.21 Å². The topological polar surface area (TPSA) is 52.8 Å². The van der Waals surface area contributed by atoms with Crippen LogP contribution >= 0.6 is 0 Å². The Balaban J connectivity index is 2.67. The Morgan fingerprint density at radius 2 is 2.13 bits per heavy atom. The van der Waals surface area contributed by atoms with Crippen LogP contribution in [0.25, 0.3) is 0 Å². The summed E-state index contributed by atoms with van der Waals surface area (Å²) in [6.45, 7) is 4.98. The Morgan fingerprint density at radius 3 is 2.80 bits per heavy atom. The van der Waals surface area contributed by atoms with Crippen LogP contribution in [0.5, 0.6) is 11.5 Å². The van der Waals surface area contributed by atoms with Gasteiger partial charge in [-0.05, 0) is 24.1 Å². The number of hydrogen-bond acceptors (Lipinski definition) is 3. The minimum atomic E-state index is 0.137. The van der Waals surface area contributed by atoms with Crippen LogP contribution in [0.2, 0.25) is 0 Å². The van der Waals surface area contributed by atoms with Crippen molar-refractivity contribution in [1.29, 1.82) is 0 Å². The van der Waals surface area contributed by atoms with Gasteiger partial charge in [-0.3, -0.25) is 4.99 Å². The maximum absolute atomic E-state index is 9.46. The summed E-state index contributed by atoms with van der Waals surface area (Å²) in [4.78, 5) is 4.22. The molecule has 1 atom stereocenters. The molecule has 1 unspecified atom stereocenters. The number of aliphatic imine (C=N–C) groups is 1. The molecule has 0 heterocycles. The zero-order valence-electron chi connectivity index (χ0n) is 9.14. The maximum atomic E-state index is 9.46. The summed E-state index contributed by atoms with van der Waals surface area (Å²) in [5.74, 6) is 0.819. The molecule has 15 heavy (non-hydrogen) atoms. The Hall–Kier alpha value is -1.51. The predicted molar refractivity (Wildman–Crippen MR) is 61.7 cm³/mol. The first-order chi connectivity index (χ1) is 7.13. The van der Waals surface area contributed by atoms with E-state index in [4.69, 9.17) is 0 Å². The summed E-state index contributed by atoms with van der Waals surface area (Å²) in [5, 5.41) is 18.7. The summed E-state index contributed by atoms with van der Waals surface area (Å²) >= 11 is 0. The third-order valence-corrected chi connectivity index (χ3v) is 2.36. The number of phenolic OH excluding ortho intramolecular Hbond substituents is 2. The van der Waals surface area contributed by atoms with E-state index < -0.39 is 0 Å². The summed E-state index contributed by atoms with van der Waals surface area (Å²) in [7, 11) is 0. The van der Waals surface area contributed by atoms with Crippen LogP contribution in [-0.4, -0.2) is 23.0 Å². The molecule has 0 aliphatic heterocycles. The van der Waals surface area contributed by atoms with E-state index in [-0.39, 0.29) is 11.5 Å². The molecule has 1 aromatic carbocycles. The molecule has 0 aromatic heterocycles. The number of aromatic hydroxyl groups is 2. The lowest BCUT2D eigenvalue weighted by molar-refractivity contribution is 0.459. The second-order valence-corrected chi connectivity index (χ2v) is 3.75. The fourth-order valence-corrected chi connectivity index (χ4v) is 1.11. The van der Waals surface area contributed by atoms with Gasteiger partial charge in [0, 0.05) is 18.3 Å². The standard InChI is InChI=1S/C12H17NO2/c1-3-9(2)7-13-8-10-6-11(14)4-5-12(10)15/h4-6,8-9,14-15H,3,7H2,1-2H3. The summed E-state index contributed by atoms with van der Waals surface area (Å²) in [6.07, 6.45) is 2.69. The van der Waals surface area contributed by atoms with Crippen molar-refractivity contribution in [1.82, 2.24) is 0 Å². The first kappa shape index (κ1) is 11.6. The molecule has 1 rings (SSSR count). The molecular formula is C12H17NO2.